The van der Waals surface area contributed by atoms with Crippen molar-refractivity contribution in [1.29, 1.82) is 0 Å². The lowest BCUT2D eigenvalue weighted by molar-refractivity contribution is -0.136. The fourth-order valence-corrected chi connectivity index (χ4v) is 2.73. The fourth-order valence-electron chi connectivity index (χ4n) is 2.73. The van der Waals surface area contributed by atoms with Gasteiger partial charge in [0.1, 0.15) is 6.10 Å². The lowest BCUT2D eigenvalue weighted by Gasteiger charge is -2.28. The molecule has 3 atom stereocenters. The molecule has 0 aromatic carbocycles. The van der Waals surface area contributed by atoms with Gasteiger partial charge in [0.2, 0.25) is 0 Å². The molecule has 0 heterocycles. The Morgan fingerprint density at radius 1 is 1.38 bits per heavy atom. The lowest BCUT2D eigenvalue weighted by Crippen LogP contribution is -2.33. The van der Waals surface area contributed by atoms with Crippen molar-refractivity contribution >= 4 is 5.78 Å². The predicted molar refractivity (Wildman–Crippen MR) is 66.5 cm³/mol. The molecule has 1 fully saturated rings. The minimum atomic E-state index is -0.134. The van der Waals surface area contributed by atoms with Crippen LogP contribution in [0, 0.1) is 11.8 Å². The minimum Gasteiger partial charge on any atom is -0.371 e. The largest absolute Gasteiger partial charge is 0.371 e. The fraction of sp³-hybridized carbons (Fsp3) is 0.929. The van der Waals surface area contributed by atoms with Crippen molar-refractivity contribution in [2.45, 2.75) is 65.4 Å². The standard InChI is InChI=1S/C14H26O2/c1-4-7-13(16-5-2)14(15)12-9-6-8-11(3)10-12/h11-13H,4-10H2,1-3H3. The van der Waals surface area contributed by atoms with Crippen LogP contribution in [0.4, 0.5) is 0 Å². The van der Waals surface area contributed by atoms with Crippen LogP contribution in [0.15, 0.2) is 0 Å². The molecule has 0 amide bonds. The maximum absolute atomic E-state index is 12.3. The van der Waals surface area contributed by atoms with Gasteiger partial charge in [0.15, 0.2) is 5.78 Å². The molecule has 16 heavy (non-hydrogen) atoms. The van der Waals surface area contributed by atoms with Gasteiger partial charge in [0, 0.05) is 12.5 Å². The molecule has 0 saturated heterocycles. The van der Waals surface area contributed by atoms with Crippen LogP contribution < -0.4 is 0 Å². The number of hydrogen-bond donors (Lipinski definition) is 0. The highest BCUT2D eigenvalue weighted by Crippen LogP contribution is 2.30. The Kier molecular flexibility index (Phi) is 6.04. The Hall–Kier alpha value is -0.370. The number of hydrogen-bond acceptors (Lipinski definition) is 2. The molecule has 2 nitrogen and oxygen atoms in total. The molecule has 1 aliphatic carbocycles. The Morgan fingerprint density at radius 3 is 2.69 bits per heavy atom. The summed E-state index contributed by atoms with van der Waals surface area (Å²) >= 11 is 0. The first-order valence-corrected chi connectivity index (χ1v) is 6.84. The van der Waals surface area contributed by atoms with Crippen molar-refractivity contribution in [3.8, 4) is 0 Å². The van der Waals surface area contributed by atoms with E-state index in [-0.39, 0.29) is 12.0 Å². The zero-order chi connectivity index (χ0) is 12.0. The van der Waals surface area contributed by atoms with Crippen LogP contribution in [0.1, 0.15) is 59.3 Å². The van der Waals surface area contributed by atoms with Gasteiger partial charge < -0.3 is 4.74 Å². The van der Waals surface area contributed by atoms with E-state index in [4.69, 9.17) is 4.74 Å². The van der Waals surface area contributed by atoms with Crippen molar-refractivity contribution in [1.82, 2.24) is 0 Å². The highest BCUT2D eigenvalue weighted by molar-refractivity contribution is 5.85. The quantitative estimate of drug-likeness (QED) is 0.692. The van der Waals surface area contributed by atoms with Gasteiger partial charge in [-0.1, -0.05) is 33.1 Å². The smallest absolute Gasteiger partial charge is 0.164 e. The topological polar surface area (TPSA) is 26.3 Å². The van der Waals surface area contributed by atoms with E-state index in [2.05, 4.69) is 13.8 Å². The molecule has 1 rings (SSSR count). The number of ketones is 1. The summed E-state index contributed by atoms with van der Waals surface area (Å²) in [4.78, 5) is 12.3. The second kappa shape index (κ2) is 7.05. The second-order valence-electron chi connectivity index (χ2n) is 5.10. The van der Waals surface area contributed by atoms with E-state index >= 15 is 0 Å². The molecular formula is C14H26O2. The van der Waals surface area contributed by atoms with Gasteiger partial charge in [-0.3, -0.25) is 4.79 Å². The first-order valence-electron chi connectivity index (χ1n) is 6.84. The molecule has 1 aliphatic rings. The third kappa shape index (κ3) is 3.89. The van der Waals surface area contributed by atoms with Crippen molar-refractivity contribution in [3.05, 3.63) is 0 Å². The van der Waals surface area contributed by atoms with E-state index < -0.39 is 0 Å². The Labute approximate surface area is 99.8 Å². The van der Waals surface area contributed by atoms with Crippen molar-refractivity contribution < 1.29 is 9.53 Å². The van der Waals surface area contributed by atoms with E-state index in [1.165, 1.54) is 12.8 Å². The molecule has 3 unspecified atom stereocenters. The van der Waals surface area contributed by atoms with Gasteiger partial charge in [-0.2, -0.15) is 0 Å². The number of Topliss-reactive ketones (excluding diaryl/α,β-unsaturated/α-hetero) is 1. The average Bonchev–Trinajstić information content (AvgIpc) is 2.28. The molecule has 0 radical (unpaired) electrons. The third-order valence-corrected chi connectivity index (χ3v) is 3.57. The average molecular weight is 226 g/mol. The summed E-state index contributed by atoms with van der Waals surface area (Å²) in [5, 5.41) is 0. The van der Waals surface area contributed by atoms with Crippen molar-refractivity contribution in [2.24, 2.45) is 11.8 Å². The number of carbonyl (C=O) groups excluding carboxylic acids is 1. The molecule has 0 aromatic heterocycles. The molecule has 0 N–H and O–H groups in total. The van der Waals surface area contributed by atoms with E-state index in [1.54, 1.807) is 0 Å². The molecule has 0 aliphatic heterocycles. The number of carbonyl (C=O) groups is 1. The van der Waals surface area contributed by atoms with Gasteiger partial charge in [-0.05, 0) is 32.1 Å². The number of rotatable bonds is 6. The maximum atomic E-state index is 12.3. The Morgan fingerprint density at radius 2 is 2.12 bits per heavy atom. The maximum Gasteiger partial charge on any atom is 0.164 e. The third-order valence-electron chi connectivity index (χ3n) is 3.57. The SMILES string of the molecule is CCCC(OCC)C(=O)C1CCCC(C)C1. The lowest BCUT2D eigenvalue weighted by atomic mass is 9.78. The second-order valence-corrected chi connectivity index (χ2v) is 5.10. The van der Waals surface area contributed by atoms with Gasteiger partial charge in [-0.25, -0.2) is 0 Å². The van der Waals surface area contributed by atoms with Crippen LogP contribution >= 0.6 is 0 Å². The summed E-state index contributed by atoms with van der Waals surface area (Å²) in [6.45, 7) is 7.00. The Bertz CT molecular complexity index is 200. The van der Waals surface area contributed by atoms with Crippen LogP contribution in [0.3, 0.4) is 0 Å². The predicted octanol–water partition coefficient (Wildman–Crippen LogP) is 3.59. The van der Waals surface area contributed by atoms with Crippen LogP contribution in [0.5, 0.6) is 0 Å². The molecule has 1 saturated carbocycles. The van der Waals surface area contributed by atoms with E-state index in [0.29, 0.717) is 18.3 Å². The summed E-state index contributed by atoms with van der Waals surface area (Å²) in [6, 6.07) is 0. The van der Waals surface area contributed by atoms with Gasteiger partial charge in [0.05, 0.1) is 0 Å². The molecule has 2 heteroatoms. The van der Waals surface area contributed by atoms with Gasteiger partial charge in [0.25, 0.3) is 0 Å². The summed E-state index contributed by atoms with van der Waals surface area (Å²) in [5.41, 5.74) is 0. The summed E-state index contributed by atoms with van der Waals surface area (Å²) in [6.07, 6.45) is 6.43. The van der Waals surface area contributed by atoms with E-state index in [0.717, 1.165) is 25.7 Å². The summed E-state index contributed by atoms with van der Waals surface area (Å²) in [5.74, 6) is 1.36. The van der Waals surface area contributed by atoms with Crippen LogP contribution in [0.25, 0.3) is 0 Å². The molecule has 94 valence electrons. The highest BCUT2D eigenvalue weighted by atomic mass is 16.5. The van der Waals surface area contributed by atoms with Gasteiger partial charge in [-0.15, -0.1) is 0 Å². The summed E-state index contributed by atoms with van der Waals surface area (Å²) < 4.78 is 5.58. The van der Waals surface area contributed by atoms with Crippen LogP contribution in [-0.4, -0.2) is 18.5 Å². The minimum absolute atomic E-state index is 0.134. The van der Waals surface area contributed by atoms with E-state index in [1.807, 2.05) is 6.92 Å². The Balaban J connectivity index is 2.51. The molecular weight excluding hydrogens is 200 g/mol. The van der Waals surface area contributed by atoms with Crippen LogP contribution in [-0.2, 0) is 9.53 Å². The van der Waals surface area contributed by atoms with Crippen LogP contribution in [0.2, 0.25) is 0 Å². The number of ether oxygens (including phenoxy) is 1. The highest BCUT2D eigenvalue weighted by Gasteiger charge is 2.30. The molecule has 0 aromatic rings. The molecule has 0 bridgehead atoms. The van der Waals surface area contributed by atoms with Gasteiger partial charge >= 0.3 is 0 Å². The zero-order valence-corrected chi connectivity index (χ0v) is 11.0. The first-order chi connectivity index (χ1) is 7.69. The zero-order valence-electron chi connectivity index (χ0n) is 11.0. The normalized spacial score (nSPS) is 27.7. The summed E-state index contributed by atoms with van der Waals surface area (Å²) in [7, 11) is 0. The van der Waals surface area contributed by atoms with E-state index in [9.17, 15) is 4.79 Å². The molecule has 0 spiro atoms. The van der Waals surface area contributed by atoms with Crippen molar-refractivity contribution in [2.75, 3.05) is 6.61 Å². The first kappa shape index (κ1) is 13.7. The monoisotopic (exact) mass is 226 g/mol. The van der Waals surface area contributed by atoms with Crippen molar-refractivity contribution in [3.63, 3.8) is 0 Å².